The second-order valence-corrected chi connectivity index (χ2v) is 4.53. The summed E-state index contributed by atoms with van der Waals surface area (Å²) in [6, 6.07) is 5.37. The van der Waals surface area contributed by atoms with Crippen molar-refractivity contribution in [1.82, 2.24) is 9.97 Å². The average molecular weight is 292 g/mol. The number of anilines is 1. The molecule has 1 aliphatic heterocycles. The highest BCUT2D eigenvalue weighted by Gasteiger charge is 2.14. The van der Waals surface area contributed by atoms with E-state index >= 15 is 0 Å². The van der Waals surface area contributed by atoms with Crippen molar-refractivity contribution in [3.63, 3.8) is 0 Å². The topological polar surface area (TPSA) is 79.6 Å². The summed E-state index contributed by atoms with van der Waals surface area (Å²) < 4.78 is 8.24. The second kappa shape index (κ2) is 4.87. The van der Waals surface area contributed by atoms with Gasteiger partial charge in [0.25, 0.3) is 5.91 Å². The van der Waals surface area contributed by atoms with Crippen molar-refractivity contribution in [2.75, 3.05) is 5.32 Å². The van der Waals surface area contributed by atoms with E-state index in [-0.39, 0.29) is 10.8 Å². The zero-order valence-corrected chi connectivity index (χ0v) is 10.9. The number of halogens is 1. The summed E-state index contributed by atoms with van der Waals surface area (Å²) in [6.45, 7) is 0. The summed E-state index contributed by atoms with van der Waals surface area (Å²) >= 11 is 6.79. The summed E-state index contributed by atoms with van der Waals surface area (Å²) in [5.41, 5.74) is 2.11. The van der Waals surface area contributed by atoms with Crippen molar-refractivity contribution in [3.8, 4) is 0 Å². The number of benzene rings is 1. The third-order valence-electron chi connectivity index (χ3n) is 2.37. The molecule has 0 fully saturated rings. The van der Waals surface area contributed by atoms with Gasteiger partial charge in [0.1, 0.15) is 22.2 Å². The number of hydrogen-bond acceptors (Lipinski definition) is 5. The van der Waals surface area contributed by atoms with Gasteiger partial charge in [-0.3, -0.25) is 9.78 Å². The van der Waals surface area contributed by atoms with E-state index in [9.17, 15) is 4.79 Å². The minimum Gasteiger partial charge on any atom is -0.319 e. The lowest BCUT2D eigenvalue weighted by Crippen LogP contribution is -2.14. The lowest BCUT2D eigenvalue weighted by atomic mass is 10.2. The summed E-state index contributed by atoms with van der Waals surface area (Å²) in [7, 11) is 0. The number of rotatable bonds is 2. The molecule has 19 heavy (non-hydrogen) atoms. The lowest BCUT2D eigenvalue weighted by Gasteiger charge is -2.06. The Hall–Kier alpha value is -2.12. The third kappa shape index (κ3) is 2.38. The van der Waals surface area contributed by atoms with Crippen molar-refractivity contribution >= 4 is 45.9 Å². The lowest BCUT2D eigenvalue weighted by molar-refractivity contribution is 0.102. The normalized spacial score (nSPS) is 11.8. The second-order valence-electron chi connectivity index (χ2n) is 3.62. The summed E-state index contributed by atoms with van der Waals surface area (Å²) in [5.74, 6) is -0.393. The number of aromatic nitrogens is 2. The first kappa shape index (κ1) is 11.9. The molecule has 0 radical (unpaired) electrons. The van der Waals surface area contributed by atoms with Gasteiger partial charge in [-0.1, -0.05) is 17.7 Å². The van der Waals surface area contributed by atoms with Gasteiger partial charge in [-0.15, -0.1) is 0 Å². The minimum absolute atomic E-state index is 0.146. The highest BCUT2D eigenvalue weighted by atomic mass is 35.5. The first-order valence-corrected chi connectivity index (χ1v) is 6.35. The van der Waals surface area contributed by atoms with Crippen LogP contribution in [0.15, 0.2) is 39.3 Å². The fraction of sp³-hybridized carbons (Fsp3) is 0. The molecule has 1 aromatic carbocycles. The van der Waals surface area contributed by atoms with Gasteiger partial charge >= 0.3 is 0 Å². The Kier molecular flexibility index (Phi) is 3.06. The molecule has 2 heterocycles. The molecule has 8 heteroatoms. The SMILES string of the molecule is O=C(Nc1cccc2c1N=S=N2)c1cncc(Cl)n1. The molecule has 6 nitrogen and oxygen atoms in total. The predicted molar refractivity (Wildman–Crippen MR) is 73.0 cm³/mol. The Morgan fingerprint density at radius 3 is 3.00 bits per heavy atom. The van der Waals surface area contributed by atoms with Crippen LogP contribution in [-0.2, 0) is 11.4 Å². The molecule has 0 atom stereocenters. The van der Waals surface area contributed by atoms with Gasteiger partial charge in [0.05, 0.1) is 29.4 Å². The Morgan fingerprint density at radius 1 is 1.26 bits per heavy atom. The van der Waals surface area contributed by atoms with Crippen LogP contribution in [0.4, 0.5) is 17.1 Å². The molecule has 0 saturated heterocycles. The van der Waals surface area contributed by atoms with Gasteiger partial charge in [-0.25, -0.2) is 4.98 Å². The fourth-order valence-electron chi connectivity index (χ4n) is 1.54. The van der Waals surface area contributed by atoms with Crippen molar-refractivity contribution in [1.29, 1.82) is 0 Å². The Balaban J connectivity index is 1.89. The van der Waals surface area contributed by atoms with Crippen LogP contribution < -0.4 is 5.32 Å². The van der Waals surface area contributed by atoms with Gasteiger partial charge < -0.3 is 5.32 Å². The molecule has 1 N–H and O–H groups in total. The summed E-state index contributed by atoms with van der Waals surface area (Å²) in [5, 5.41) is 2.89. The molecule has 94 valence electrons. The molecule has 0 bridgehead atoms. The molecule has 2 aromatic rings. The van der Waals surface area contributed by atoms with E-state index in [0.717, 1.165) is 17.0 Å². The smallest absolute Gasteiger partial charge is 0.275 e. The molecule has 1 amide bonds. The van der Waals surface area contributed by atoms with Gasteiger partial charge in [0.15, 0.2) is 0 Å². The van der Waals surface area contributed by atoms with E-state index in [4.69, 9.17) is 11.6 Å². The number of carbonyl (C=O) groups excluding carboxylic acids is 1. The number of nitrogens with one attached hydrogen (secondary N) is 1. The Morgan fingerprint density at radius 2 is 2.16 bits per heavy atom. The Bertz CT molecular complexity index is 742. The van der Waals surface area contributed by atoms with Crippen LogP contribution >= 0.6 is 11.6 Å². The van der Waals surface area contributed by atoms with Crippen LogP contribution in [0.2, 0.25) is 5.15 Å². The van der Waals surface area contributed by atoms with Crippen LogP contribution in [0, 0.1) is 0 Å². The van der Waals surface area contributed by atoms with E-state index in [0.29, 0.717) is 11.4 Å². The fourth-order valence-corrected chi connectivity index (χ4v) is 2.24. The monoisotopic (exact) mass is 291 g/mol. The third-order valence-corrected chi connectivity index (χ3v) is 3.10. The zero-order chi connectivity index (χ0) is 13.2. The van der Waals surface area contributed by atoms with E-state index in [1.807, 2.05) is 6.07 Å². The first-order valence-electron chi connectivity index (χ1n) is 5.24. The predicted octanol–water partition coefficient (Wildman–Crippen LogP) is 3.11. The zero-order valence-electron chi connectivity index (χ0n) is 9.37. The number of fused-ring (bicyclic) bond motifs is 1. The van der Waals surface area contributed by atoms with Gasteiger partial charge in [-0.2, -0.15) is 8.73 Å². The number of nitrogens with zero attached hydrogens (tertiary/aromatic N) is 4. The molecule has 0 spiro atoms. The van der Waals surface area contributed by atoms with Crippen LogP contribution in [-0.4, -0.2) is 15.9 Å². The summed E-state index contributed by atoms with van der Waals surface area (Å²) in [6.07, 6.45) is 2.71. The molecule has 1 aliphatic rings. The maximum Gasteiger partial charge on any atom is 0.275 e. The van der Waals surface area contributed by atoms with E-state index in [2.05, 4.69) is 24.0 Å². The molecule has 0 aliphatic carbocycles. The average Bonchev–Trinajstić information content (AvgIpc) is 2.88. The molecular weight excluding hydrogens is 286 g/mol. The number of hydrogen-bond donors (Lipinski definition) is 1. The standard InChI is InChI=1S/C11H6ClN5OS/c12-9-5-13-4-8(14-9)11(18)15-6-2-1-3-7-10(6)17-19-16-7/h1-5H,(H,15,18). The quantitative estimate of drug-likeness (QED) is 0.788. The number of carbonyl (C=O) groups is 1. The highest BCUT2D eigenvalue weighted by molar-refractivity contribution is 7.58. The summed E-state index contributed by atoms with van der Waals surface area (Å²) in [4.78, 5) is 19.7. The van der Waals surface area contributed by atoms with Gasteiger partial charge in [0, 0.05) is 0 Å². The minimum atomic E-state index is -0.393. The van der Waals surface area contributed by atoms with E-state index < -0.39 is 5.91 Å². The molecule has 3 rings (SSSR count). The van der Waals surface area contributed by atoms with Crippen LogP contribution in [0.3, 0.4) is 0 Å². The first-order chi connectivity index (χ1) is 9.24. The highest BCUT2D eigenvalue weighted by Crippen LogP contribution is 2.38. The molecule has 0 saturated carbocycles. The van der Waals surface area contributed by atoms with Crippen molar-refractivity contribution in [3.05, 3.63) is 41.4 Å². The number of amides is 1. The maximum atomic E-state index is 12.0. The van der Waals surface area contributed by atoms with E-state index in [1.54, 1.807) is 12.1 Å². The van der Waals surface area contributed by atoms with Crippen molar-refractivity contribution in [2.45, 2.75) is 0 Å². The van der Waals surface area contributed by atoms with Crippen molar-refractivity contribution in [2.24, 2.45) is 8.73 Å². The van der Waals surface area contributed by atoms with Crippen LogP contribution in [0.1, 0.15) is 10.5 Å². The molecule has 1 aromatic heterocycles. The van der Waals surface area contributed by atoms with Gasteiger partial charge in [-0.05, 0) is 12.1 Å². The molecular formula is C11H6ClN5OS. The van der Waals surface area contributed by atoms with Gasteiger partial charge in [0.2, 0.25) is 0 Å². The Labute approximate surface area is 116 Å². The van der Waals surface area contributed by atoms with Crippen molar-refractivity contribution < 1.29 is 4.79 Å². The van der Waals surface area contributed by atoms with Crippen LogP contribution in [0.5, 0.6) is 0 Å². The molecule has 0 unspecified atom stereocenters. The van der Waals surface area contributed by atoms with Crippen LogP contribution in [0.25, 0.3) is 0 Å². The maximum absolute atomic E-state index is 12.0. The largest absolute Gasteiger partial charge is 0.319 e. The van der Waals surface area contributed by atoms with E-state index in [1.165, 1.54) is 12.4 Å².